The van der Waals surface area contributed by atoms with Crippen molar-refractivity contribution in [2.75, 3.05) is 5.73 Å². The number of hydrogen-bond donors (Lipinski definition) is 2. The minimum atomic E-state index is -0.541. The van der Waals surface area contributed by atoms with E-state index in [4.69, 9.17) is 5.73 Å². The summed E-state index contributed by atoms with van der Waals surface area (Å²) in [6.07, 6.45) is 5.21. The number of nitrogens with one attached hydrogen (secondary N) is 1. The Morgan fingerprint density at radius 3 is 2.39 bits per heavy atom. The lowest BCUT2D eigenvalue weighted by Crippen LogP contribution is -2.33. The summed E-state index contributed by atoms with van der Waals surface area (Å²) in [6.45, 7) is 12.2. The average molecular weight is 447 g/mol. The quantitative estimate of drug-likeness (QED) is 0.507. The molecule has 0 fully saturated rings. The van der Waals surface area contributed by atoms with Crippen LogP contribution in [-0.4, -0.2) is 14.8 Å². The molecule has 3 rings (SSSR count). The SMILES string of the molecule is CCC/C=C(\c1cc(Cc2c(C)cc(-n3nc(C)c(=O)[nH]c3=O)cc2C)ccc1N)C(C)C. The van der Waals surface area contributed by atoms with Crippen LogP contribution in [0.1, 0.15) is 67.1 Å². The third kappa shape index (κ3) is 5.33. The van der Waals surface area contributed by atoms with Gasteiger partial charge in [0.2, 0.25) is 0 Å². The van der Waals surface area contributed by atoms with Crippen LogP contribution in [0.3, 0.4) is 0 Å². The largest absolute Gasteiger partial charge is 0.398 e. The van der Waals surface area contributed by atoms with Gasteiger partial charge >= 0.3 is 5.69 Å². The number of nitrogens with two attached hydrogens (primary N) is 1. The molecule has 0 bridgehead atoms. The van der Waals surface area contributed by atoms with Gasteiger partial charge in [0, 0.05) is 11.3 Å². The van der Waals surface area contributed by atoms with E-state index in [0.29, 0.717) is 11.6 Å². The molecule has 6 nitrogen and oxygen atoms in total. The zero-order valence-electron chi connectivity index (χ0n) is 20.5. The normalized spacial score (nSPS) is 11.9. The van der Waals surface area contributed by atoms with Gasteiger partial charge in [0.1, 0.15) is 5.69 Å². The van der Waals surface area contributed by atoms with E-state index in [1.54, 1.807) is 6.92 Å². The molecule has 0 amide bonds. The molecule has 0 saturated carbocycles. The third-order valence-electron chi connectivity index (χ3n) is 6.00. The molecule has 2 aromatic carbocycles. The van der Waals surface area contributed by atoms with Crippen molar-refractivity contribution in [3.63, 3.8) is 0 Å². The molecule has 3 N–H and O–H groups in total. The number of nitrogens with zero attached hydrogens (tertiary/aromatic N) is 2. The predicted molar refractivity (Wildman–Crippen MR) is 136 cm³/mol. The number of allylic oxidation sites excluding steroid dienone is 2. The van der Waals surface area contributed by atoms with Gasteiger partial charge in [0.25, 0.3) is 5.56 Å². The second-order valence-electron chi connectivity index (χ2n) is 9.02. The molecule has 0 aliphatic carbocycles. The van der Waals surface area contributed by atoms with Crippen molar-refractivity contribution in [2.24, 2.45) is 5.92 Å². The van der Waals surface area contributed by atoms with Crippen LogP contribution < -0.4 is 17.0 Å². The molecular formula is C27H34N4O2. The Morgan fingerprint density at radius 2 is 1.79 bits per heavy atom. The number of rotatable bonds is 7. The van der Waals surface area contributed by atoms with E-state index in [1.807, 2.05) is 32.0 Å². The van der Waals surface area contributed by atoms with Crippen LogP contribution in [0.25, 0.3) is 11.3 Å². The first kappa shape index (κ1) is 24.2. The number of benzene rings is 2. The summed E-state index contributed by atoms with van der Waals surface area (Å²) >= 11 is 0. The highest BCUT2D eigenvalue weighted by molar-refractivity contribution is 5.76. The molecule has 1 aromatic heterocycles. The Labute approximate surface area is 195 Å². The second-order valence-corrected chi connectivity index (χ2v) is 9.02. The Morgan fingerprint density at radius 1 is 1.12 bits per heavy atom. The third-order valence-corrected chi connectivity index (χ3v) is 6.00. The van der Waals surface area contributed by atoms with Crippen LogP contribution >= 0.6 is 0 Å². The molecule has 0 aliphatic rings. The van der Waals surface area contributed by atoms with Crippen molar-refractivity contribution in [1.82, 2.24) is 14.8 Å². The first-order valence-electron chi connectivity index (χ1n) is 11.5. The molecule has 0 aliphatic heterocycles. The molecule has 0 unspecified atom stereocenters. The first-order valence-corrected chi connectivity index (χ1v) is 11.5. The zero-order chi connectivity index (χ0) is 24.3. The summed E-state index contributed by atoms with van der Waals surface area (Å²) in [4.78, 5) is 26.3. The van der Waals surface area contributed by atoms with E-state index < -0.39 is 11.2 Å². The predicted octanol–water partition coefficient (Wildman–Crippen LogP) is 4.86. The maximum atomic E-state index is 12.3. The van der Waals surface area contributed by atoms with Crippen LogP contribution in [0.2, 0.25) is 0 Å². The van der Waals surface area contributed by atoms with Crippen LogP contribution in [0, 0.1) is 26.7 Å². The lowest BCUT2D eigenvalue weighted by atomic mass is 9.89. The fourth-order valence-corrected chi connectivity index (χ4v) is 4.15. The van der Waals surface area contributed by atoms with Gasteiger partial charge in [-0.25, -0.2) is 4.79 Å². The van der Waals surface area contributed by atoms with Crippen molar-refractivity contribution < 1.29 is 0 Å². The zero-order valence-corrected chi connectivity index (χ0v) is 20.5. The molecule has 6 heteroatoms. The van der Waals surface area contributed by atoms with Crippen LogP contribution in [0.15, 0.2) is 46.0 Å². The van der Waals surface area contributed by atoms with Crippen molar-refractivity contribution >= 4 is 11.3 Å². The van der Waals surface area contributed by atoms with Gasteiger partial charge in [-0.3, -0.25) is 9.78 Å². The van der Waals surface area contributed by atoms with Crippen LogP contribution in [-0.2, 0) is 6.42 Å². The Hall–Kier alpha value is -3.41. The topological polar surface area (TPSA) is 93.8 Å². The van der Waals surface area contributed by atoms with Gasteiger partial charge in [-0.1, -0.05) is 39.3 Å². The minimum Gasteiger partial charge on any atom is -0.398 e. The summed E-state index contributed by atoms with van der Waals surface area (Å²) in [5.41, 5.74) is 14.0. The highest BCUT2D eigenvalue weighted by Gasteiger charge is 2.14. The number of aromatic amines is 1. The molecule has 0 saturated heterocycles. The molecule has 0 radical (unpaired) electrons. The molecule has 174 valence electrons. The van der Waals surface area contributed by atoms with E-state index in [1.165, 1.54) is 21.4 Å². The van der Waals surface area contributed by atoms with Gasteiger partial charge < -0.3 is 5.73 Å². The second kappa shape index (κ2) is 10.0. The number of aromatic nitrogens is 3. The minimum absolute atomic E-state index is 0.250. The lowest BCUT2D eigenvalue weighted by Gasteiger charge is -2.18. The van der Waals surface area contributed by atoms with Crippen LogP contribution in [0.5, 0.6) is 0 Å². The number of anilines is 1. The molecule has 33 heavy (non-hydrogen) atoms. The van der Waals surface area contributed by atoms with Gasteiger partial charge in [0.15, 0.2) is 0 Å². The smallest absolute Gasteiger partial charge is 0.349 e. The Bertz CT molecular complexity index is 1290. The summed E-state index contributed by atoms with van der Waals surface area (Å²) in [5, 5.41) is 4.16. The molecular weight excluding hydrogens is 412 g/mol. The summed E-state index contributed by atoms with van der Waals surface area (Å²) in [6, 6.07) is 10.2. The lowest BCUT2D eigenvalue weighted by molar-refractivity contribution is 0.726. The van der Waals surface area contributed by atoms with E-state index in [-0.39, 0.29) is 5.69 Å². The number of aryl methyl sites for hydroxylation is 3. The van der Waals surface area contributed by atoms with Gasteiger partial charge in [-0.05, 0) is 91.6 Å². The highest BCUT2D eigenvalue weighted by atomic mass is 16.2. The van der Waals surface area contributed by atoms with E-state index in [0.717, 1.165) is 41.6 Å². The fraction of sp³-hybridized carbons (Fsp3) is 0.370. The number of H-pyrrole nitrogens is 1. The fourth-order valence-electron chi connectivity index (χ4n) is 4.15. The average Bonchev–Trinajstić information content (AvgIpc) is 2.75. The van der Waals surface area contributed by atoms with Crippen LogP contribution in [0.4, 0.5) is 5.69 Å². The van der Waals surface area contributed by atoms with Gasteiger partial charge in [-0.2, -0.15) is 9.78 Å². The molecule has 0 spiro atoms. The maximum Gasteiger partial charge on any atom is 0.349 e. The number of unbranched alkanes of at least 4 members (excludes halogenated alkanes) is 1. The molecule has 1 heterocycles. The molecule has 3 aromatic rings. The van der Waals surface area contributed by atoms with E-state index >= 15 is 0 Å². The summed E-state index contributed by atoms with van der Waals surface area (Å²) in [7, 11) is 0. The monoisotopic (exact) mass is 446 g/mol. The molecule has 0 atom stereocenters. The van der Waals surface area contributed by atoms with Gasteiger partial charge in [-0.15, -0.1) is 0 Å². The van der Waals surface area contributed by atoms with Crippen molar-refractivity contribution in [2.45, 2.75) is 60.8 Å². The van der Waals surface area contributed by atoms with Crippen molar-refractivity contribution in [3.8, 4) is 5.69 Å². The Kier molecular flexibility index (Phi) is 7.36. The van der Waals surface area contributed by atoms with Gasteiger partial charge in [0.05, 0.1) is 5.69 Å². The summed E-state index contributed by atoms with van der Waals surface area (Å²) in [5.74, 6) is 0.392. The standard InChI is InChI=1S/C27H34N4O2/c1-7-8-9-22(16(2)3)24-15-20(10-11-25(24)28)14-23-17(4)12-21(13-18(23)5)31-27(33)29-26(32)19(6)30-31/h9-13,15-16H,7-8,14,28H2,1-6H3,(H,29,32,33)/b22-9-. The van der Waals surface area contributed by atoms with Crippen molar-refractivity contribution in [1.29, 1.82) is 0 Å². The highest BCUT2D eigenvalue weighted by Crippen LogP contribution is 2.31. The Balaban J connectivity index is 2.01. The van der Waals surface area contributed by atoms with E-state index in [9.17, 15) is 9.59 Å². The number of nitrogen functional groups attached to an aromatic ring is 1. The van der Waals surface area contributed by atoms with E-state index in [2.05, 4.69) is 49.1 Å². The summed E-state index contributed by atoms with van der Waals surface area (Å²) < 4.78 is 1.25. The number of hydrogen-bond acceptors (Lipinski definition) is 4. The first-order chi connectivity index (χ1) is 15.6. The maximum absolute atomic E-state index is 12.3. The van der Waals surface area contributed by atoms with Crippen molar-refractivity contribution in [3.05, 3.63) is 90.8 Å².